The fraction of sp³-hybridized carbons (Fsp3) is 0.500. The molecule has 0 saturated heterocycles. The van der Waals surface area contributed by atoms with E-state index in [0.29, 0.717) is 12.5 Å². The zero-order chi connectivity index (χ0) is 13.0. The van der Waals surface area contributed by atoms with Crippen LogP contribution in [0.2, 0.25) is 0 Å². The van der Waals surface area contributed by atoms with Gasteiger partial charge in [-0.25, -0.2) is 4.39 Å². The third-order valence-electron chi connectivity index (χ3n) is 3.49. The lowest BCUT2D eigenvalue weighted by Crippen LogP contribution is -2.32. The van der Waals surface area contributed by atoms with Crippen LogP contribution in [0.5, 0.6) is 0 Å². The van der Waals surface area contributed by atoms with Gasteiger partial charge >= 0.3 is 0 Å². The molecule has 0 radical (unpaired) electrons. The van der Waals surface area contributed by atoms with E-state index in [9.17, 15) is 14.3 Å². The number of carbonyl (C=O) groups is 1. The van der Waals surface area contributed by atoms with Crippen LogP contribution >= 0.6 is 0 Å². The van der Waals surface area contributed by atoms with Gasteiger partial charge in [0.1, 0.15) is 5.82 Å². The van der Waals surface area contributed by atoms with E-state index in [0.717, 1.165) is 25.7 Å². The summed E-state index contributed by atoms with van der Waals surface area (Å²) in [7, 11) is 0. The molecule has 1 aromatic rings. The summed E-state index contributed by atoms with van der Waals surface area (Å²) in [6, 6.07) is 5.98. The molecule has 0 atom stereocenters. The van der Waals surface area contributed by atoms with Crippen molar-refractivity contribution in [1.82, 2.24) is 5.32 Å². The number of amides is 1. The third kappa shape index (κ3) is 3.29. The zero-order valence-electron chi connectivity index (χ0n) is 10.2. The van der Waals surface area contributed by atoms with Crippen molar-refractivity contribution in [3.05, 3.63) is 35.6 Å². The Balaban J connectivity index is 1.84. The molecule has 1 fully saturated rings. The van der Waals surface area contributed by atoms with E-state index in [2.05, 4.69) is 5.32 Å². The molecular weight excluding hydrogens is 233 g/mol. The quantitative estimate of drug-likeness (QED) is 0.864. The predicted molar refractivity (Wildman–Crippen MR) is 66.7 cm³/mol. The van der Waals surface area contributed by atoms with Gasteiger partial charge in [0.2, 0.25) is 0 Å². The summed E-state index contributed by atoms with van der Waals surface area (Å²) >= 11 is 0. The predicted octanol–water partition coefficient (Wildman–Crippen LogP) is 2.11. The van der Waals surface area contributed by atoms with E-state index in [-0.39, 0.29) is 17.6 Å². The summed E-state index contributed by atoms with van der Waals surface area (Å²) in [6.45, 7) is 0.555. The van der Waals surface area contributed by atoms with Crippen LogP contribution in [0, 0.1) is 11.7 Å². The number of aliphatic hydroxyl groups is 1. The Morgan fingerprint density at radius 1 is 1.28 bits per heavy atom. The first-order chi connectivity index (χ1) is 8.66. The Bertz CT molecular complexity index is 414. The van der Waals surface area contributed by atoms with E-state index in [4.69, 9.17) is 0 Å². The number of benzene rings is 1. The molecule has 1 aromatic carbocycles. The molecule has 4 heteroatoms. The van der Waals surface area contributed by atoms with Gasteiger partial charge < -0.3 is 10.4 Å². The van der Waals surface area contributed by atoms with Gasteiger partial charge in [0.15, 0.2) is 0 Å². The van der Waals surface area contributed by atoms with Gasteiger partial charge in [0, 0.05) is 6.54 Å². The van der Waals surface area contributed by atoms with Gasteiger partial charge in [-0.15, -0.1) is 0 Å². The second kappa shape index (κ2) is 5.96. The molecule has 18 heavy (non-hydrogen) atoms. The van der Waals surface area contributed by atoms with Gasteiger partial charge in [-0.2, -0.15) is 0 Å². The van der Waals surface area contributed by atoms with Crippen LogP contribution in [0.3, 0.4) is 0 Å². The minimum absolute atomic E-state index is 0.0911. The normalized spacial score (nSPS) is 23.7. The number of halogens is 1. The summed E-state index contributed by atoms with van der Waals surface area (Å²) in [5.74, 6) is -0.461. The largest absolute Gasteiger partial charge is 0.393 e. The number of carbonyl (C=O) groups excluding carboxylic acids is 1. The highest BCUT2D eigenvalue weighted by Crippen LogP contribution is 2.23. The first-order valence-corrected chi connectivity index (χ1v) is 6.37. The van der Waals surface area contributed by atoms with Crippen molar-refractivity contribution in [2.24, 2.45) is 5.92 Å². The van der Waals surface area contributed by atoms with E-state index >= 15 is 0 Å². The number of aliphatic hydroxyl groups excluding tert-OH is 1. The lowest BCUT2D eigenvalue weighted by molar-refractivity contribution is 0.0907. The van der Waals surface area contributed by atoms with E-state index in [1.807, 2.05) is 0 Å². The Hall–Kier alpha value is -1.42. The van der Waals surface area contributed by atoms with Gasteiger partial charge in [0.05, 0.1) is 11.7 Å². The van der Waals surface area contributed by atoms with Crippen molar-refractivity contribution in [2.75, 3.05) is 6.54 Å². The fourth-order valence-corrected chi connectivity index (χ4v) is 2.33. The van der Waals surface area contributed by atoms with Gasteiger partial charge in [-0.05, 0) is 43.7 Å². The molecule has 1 amide bonds. The molecule has 2 N–H and O–H groups in total. The van der Waals surface area contributed by atoms with Gasteiger partial charge in [-0.3, -0.25) is 4.79 Å². The van der Waals surface area contributed by atoms with E-state index in [1.165, 1.54) is 12.1 Å². The maximum absolute atomic E-state index is 13.4. The van der Waals surface area contributed by atoms with Gasteiger partial charge in [-0.1, -0.05) is 12.1 Å². The molecule has 98 valence electrons. The van der Waals surface area contributed by atoms with Crippen LogP contribution in [0.4, 0.5) is 4.39 Å². The highest BCUT2D eigenvalue weighted by atomic mass is 19.1. The zero-order valence-corrected chi connectivity index (χ0v) is 10.2. The minimum Gasteiger partial charge on any atom is -0.393 e. The van der Waals surface area contributed by atoms with Crippen molar-refractivity contribution in [3.8, 4) is 0 Å². The van der Waals surface area contributed by atoms with E-state index < -0.39 is 5.82 Å². The Kier molecular flexibility index (Phi) is 4.31. The molecule has 3 nitrogen and oxygen atoms in total. The summed E-state index contributed by atoms with van der Waals surface area (Å²) in [5, 5.41) is 12.1. The first kappa shape index (κ1) is 13.0. The fourth-order valence-electron chi connectivity index (χ4n) is 2.33. The number of hydrogen-bond acceptors (Lipinski definition) is 2. The van der Waals surface area contributed by atoms with Crippen molar-refractivity contribution in [3.63, 3.8) is 0 Å². The molecule has 0 spiro atoms. The molecule has 1 aliphatic rings. The van der Waals surface area contributed by atoms with Crippen LogP contribution < -0.4 is 5.32 Å². The van der Waals surface area contributed by atoms with Gasteiger partial charge in [0.25, 0.3) is 5.91 Å². The molecule has 0 unspecified atom stereocenters. The van der Waals surface area contributed by atoms with Crippen LogP contribution in [0.25, 0.3) is 0 Å². The topological polar surface area (TPSA) is 49.3 Å². The van der Waals surface area contributed by atoms with Crippen LogP contribution in [0.1, 0.15) is 36.0 Å². The molecule has 1 aliphatic carbocycles. The molecule has 0 aliphatic heterocycles. The second-order valence-corrected chi connectivity index (χ2v) is 4.86. The molecule has 1 saturated carbocycles. The minimum atomic E-state index is -0.492. The van der Waals surface area contributed by atoms with Crippen molar-refractivity contribution >= 4 is 5.91 Å². The molecule has 0 heterocycles. The van der Waals surface area contributed by atoms with E-state index in [1.54, 1.807) is 12.1 Å². The second-order valence-electron chi connectivity index (χ2n) is 4.86. The lowest BCUT2D eigenvalue weighted by Gasteiger charge is -2.25. The average molecular weight is 251 g/mol. The van der Waals surface area contributed by atoms with Crippen molar-refractivity contribution in [1.29, 1.82) is 0 Å². The Morgan fingerprint density at radius 2 is 1.94 bits per heavy atom. The van der Waals surface area contributed by atoms with Crippen molar-refractivity contribution < 1.29 is 14.3 Å². The maximum Gasteiger partial charge on any atom is 0.254 e. The monoisotopic (exact) mass is 251 g/mol. The maximum atomic E-state index is 13.4. The smallest absolute Gasteiger partial charge is 0.254 e. The summed E-state index contributed by atoms with van der Waals surface area (Å²) in [5.41, 5.74) is 0.0911. The van der Waals surface area contributed by atoms with Crippen LogP contribution in [0.15, 0.2) is 24.3 Å². The highest BCUT2D eigenvalue weighted by molar-refractivity contribution is 5.94. The van der Waals surface area contributed by atoms with Crippen molar-refractivity contribution in [2.45, 2.75) is 31.8 Å². The Morgan fingerprint density at radius 3 is 2.61 bits per heavy atom. The number of hydrogen-bond donors (Lipinski definition) is 2. The lowest BCUT2D eigenvalue weighted by atomic mass is 9.87. The third-order valence-corrected chi connectivity index (χ3v) is 3.49. The molecular formula is C14H18FNO2. The summed E-state index contributed by atoms with van der Waals surface area (Å²) < 4.78 is 13.4. The number of rotatable bonds is 3. The van der Waals surface area contributed by atoms with Crippen LogP contribution in [-0.2, 0) is 0 Å². The molecule has 0 aromatic heterocycles. The standard InChI is InChI=1S/C14H18FNO2/c15-13-4-2-1-3-12(13)14(18)16-9-10-5-7-11(17)8-6-10/h1-4,10-11,17H,5-9H2,(H,16,18). The average Bonchev–Trinajstić information content (AvgIpc) is 2.38. The SMILES string of the molecule is O=C(NCC1CCC(O)CC1)c1ccccc1F. The first-order valence-electron chi connectivity index (χ1n) is 6.37. The highest BCUT2D eigenvalue weighted by Gasteiger charge is 2.20. The molecule has 2 rings (SSSR count). The Labute approximate surface area is 106 Å². The summed E-state index contributed by atoms with van der Waals surface area (Å²) in [4.78, 5) is 11.8. The van der Waals surface area contributed by atoms with Crippen LogP contribution in [-0.4, -0.2) is 23.7 Å². The summed E-state index contributed by atoms with van der Waals surface area (Å²) in [6.07, 6.45) is 3.22. The molecule has 0 bridgehead atoms. The number of nitrogens with one attached hydrogen (secondary N) is 1.